The van der Waals surface area contributed by atoms with E-state index in [4.69, 9.17) is 9.47 Å². The number of hydrogen-bond donors (Lipinski definition) is 2. The summed E-state index contributed by atoms with van der Waals surface area (Å²) in [6.45, 7) is 4.84. The second kappa shape index (κ2) is 8.87. The van der Waals surface area contributed by atoms with Crippen molar-refractivity contribution in [2.24, 2.45) is 16.8 Å². The largest absolute Gasteiger partial charge is 0.491 e. The molecule has 0 amide bonds. The molecule has 0 radical (unpaired) electrons. The molecule has 0 bridgehead atoms. The van der Waals surface area contributed by atoms with E-state index in [1.807, 2.05) is 7.05 Å². The van der Waals surface area contributed by atoms with Crippen LogP contribution in [0.1, 0.15) is 28.2 Å². The lowest BCUT2D eigenvalue weighted by Gasteiger charge is -2.16. The molecule has 1 fully saturated rings. The monoisotopic (exact) mass is 393 g/mol. The van der Waals surface area contributed by atoms with Gasteiger partial charge < -0.3 is 20.1 Å². The molecule has 0 heterocycles. The maximum atomic E-state index is 5.89. The van der Waals surface area contributed by atoms with Crippen LogP contribution in [0.15, 0.2) is 47.5 Å². The molecule has 2 aromatic rings. The van der Waals surface area contributed by atoms with Crippen molar-refractivity contribution in [3.8, 4) is 5.75 Å². The zero-order valence-electron chi connectivity index (χ0n) is 17.6. The van der Waals surface area contributed by atoms with Crippen LogP contribution in [0.4, 0.5) is 0 Å². The number of hydrogen-bond acceptors (Lipinski definition) is 3. The Morgan fingerprint density at radius 2 is 2.00 bits per heavy atom. The third kappa shape index (κ3) is 4.40. The Morgan fingerprint density at radius 1 is 1.14 bits per heavy atom. The highest BCUT2D eigenvalue weighted by Crippen LogP contribution is 2.60. The highest BCUT2D eigenvalue weighted by atomic mass is 16.5. The first kappa shape index (κ1) is 19.8. The molecular formula is C24H31N3O2. The fourth-order valence-corrected chi connectivity index (χ4v) is 4.55. The second-order valence-electron chi connectivity index (χ2n) is 8.02. The molecule has 2 aliphatic rings. The van der Waals surface area contributed by atoms with Crippen molar-refractivity contribution < 1.29 is 9.47 Å². The molecule has 0 spiro atoms. The Morgan fingerprint density at radius 3 is 2.83 bits per heavy atom. The Bertz CT molecular complexity index is 880. The van der Waals surface area contributed by atoms with E-state index in [1.54, 1.807) is 18.2 Å². The summed E-state index contributed by atoms with van der Waals surface area (Å²) in [7, 11) is 3.51. The van der Waals surface area contributed by atoms with E-state index in [9.17, 15) is 0 Å². The highest BCUT2D eigenvalue weighted by Gasteiger charge is 2.54. The summed E-state index contributed by atoms with van der Waals surface area (Å²) in [4.78, 5) is 4.40. The van der Waals surface area contributed by atoms with Crippen LogP contribution in [-0.4, -0.2) is 39.9 Å². The van der Waals surface area contributed by atoms with Crippen LogP contribution < -0.4 is 15.4 Å². The van der Waals surface area contributed by atoms with Gasteiger partial charge in [0.2, 0.25) is 0 Å². The Kier molecular flexibility index (Phi) is 6.05. The quantitative estimate of drug-likeness (QED) is 0.411. The molecule has 154 valence electrons. The summed E-state index contributed by atoms with van der Waals surface area (Å²) in [6, 6.07) is 15.2. The van der Waals surface area contributed by atoms with E-state index >= 15 is 0 Å². The molecule has 5 nitrogen and oxygen atoms in total. The molecule has 3 unspecified atom stereocenters. The summed E-state index contributed by atoms with van der Waals surface area (Å²) >= 11 is 0. The average molecular weight is 394 g/mol. The lowest BCUT2D eigenvalue weighted by molar-refractivity contribution is 0.145. The number of rotatable bonds is 8. The number of ether oxygens (including phenoxy) is 2. The van der Waals surface area contributed by atoms with Gasteiger partial charge in [-0.15, -0.1) is 0 Å². The molecule has 0 aliphatic heterocycles. The Hall–Kier alpha value is -2.53. The van der Waals surface area contributed by atoms with Crippen molar-refractivity contribution in [2.45, 2.75) is 25.8 Å². The van der Waals surface area contributed by atoms with Crippen molar-refractivity contribution in [3.63, 3.8) is 0 Å². The molecule has 3 atom stereocenters. The molecule has 0 aromatic heterocycles. The molecular weight excluding hydrogens is 362 g/mol. The predicted molar refractivity (Wildman–Crippen MR) is 117 cm³/mol. The minimum atomic E-state index is 0.547. The standard InChI is InChI=1S/C24H31N3O2/c1-16-8-9-18(22(12-16)29-11-10-28-3)14-26-24(25-2)27-15-21-20-13-17-6-4-5-7-19(17)23(20)21/h4-9,12,20-21,23H,10-11,13-15H2,1-3H3,(H2,25,26,27). The summed E-state index contributed by atoms with van der Waals surface area (Å²) in [5, 5.41) is 6.95. The zero-order valence-corrected chi connectivity index (χ0v) is 17.6. The van der Waals surface area contributed by atoms with Crippen LogP contribution in [0, 0.1) is 18.8 Å². The van der Waals surface area contributed by atoms with E-state index < -0.39 is 0 Å². The summed E-state index contributed by atoms with van der Waals surface area (Å²) in [5.74, 6) is 3.99. The number of aryl methyl sites for hydroxylation is 1. The molecule has 29 heavy (non-hydrogen) atoms. The number of nitrogens with zero attached hydrogens (tertiary/aromatic N) is 1. The van der Waals surface area contributed by atoms with Gasteiger partial charge in [0.15, 0.2) is 5.96 Å². The molecule has 1 saturated carbocycles. The predicted octanol–water partition coefficient (Wildman–Crippen LogP) is 3.27. The van der Waals surface area contributed by atoms with E-state index in [0.717, 1.165) is 41.6 Å². The molecule has 0 saturated heterocycles. The molecule has 2 aromatic carbocycles. The van der Waals surface area contributed by atoms with Crippen LogP contribution in [0.5, 0.6) is 5.75 Å². The van der Waals surface area contributed by atoms with Crippen LogP contribution in [0.25, 0.3) is 0 Å². The number of benzene rings is 2. The minimum absolute atomic E-state index is 0.547. The first-order chi connectivity index (χ1) is 14.2. The van der Waals surface area contributed by atoms with E-state index in [0.29, 0.717) is 19.8 Å². The molecule has 4 rings (SSSR count). The Labute approximate surface area is 173 Å². The topological polar surface area (TPSA) is 54.9 Å². The maximum Gasteiger partial charge on any atom is 0.191 e. The average Bonchev–Trinajstić information content (AvgIpc) is 3.27. The van der Waals surface area contributed by atoms with E-state index in [-0.39, 0.29) is 0 Å². The molecule has 5 heteroatoms. The van der Waals surface area contributed by atoms with Crippen molar-refractivity contribution in [3.05, 3.63) is 64.7 Å². The third-order valence-corrected chi connectivity index (χ3v) is 6.14. The normalized spacial score (nSPS) is 22.0. The highest BCUT2D eigenvalue weighted by molar-refractivity contribution is 5.79. The van der Waals surface area contributed by atoms with Crippen LogP contribution >= 0.6 is 0 Å². The summed E-state index contributed by atoms with van der Waals surface area (Å²) in [5.41, 5.74) is 5.41. The third-order valence-electron chi connectivity index (χ3n) is 6.14. The first-order valence-electron chi connectivity index (χ1n) is 10.4. The van der Waals surface area contributed by atoms with Gasteiger partial charge in [-0.05, 0) is 53.9 Å². The summed E-state index contributed by atoms with van der Waals surface area (Å²) in [6.07, 6.45) is 1.23. The minimum Gasteiger partial charge on any atom is -0.491 e. The van der Waals surface area contributed by atoms with Gasteiger partial charge in [0.1, 0.15) is 12.4 Å². The first-order valence-corrected chi connectivity index (χ1v) is 10.4. The lowest BCUT2D eigenvalue weighted by Crippen LogP contribution is -2.38. The molecule has 2 aliphatic carbocycles. The molecule has 2 N–H and O–H groups in total. The summed E-state index contributed by atoms with van der Waals surface area (Å²) < 4.78 is 11.0. The van der Waals surface area contributed by atoms with Gasteiger partial charge in [0.25, 0.3) is 0 Å². The van der Waals surface area contributed by atoms with Gasteiger partial charge in [0.05, 0.1) is 6.61 Å². The van der Waals surface area contributed by atoms with Crippen LogP contribution in [0.3, 0.4) is 0 Å². The van der Waals surface area contributed by atoms with E-state index in [2.05, 4.69) is 65.0 Å². The lowest BCUT2D eigenvalue weighted by atomic mass is 10.0. The van der Waals surface area contributed by atoms with Gasteiger partial charge in [-0.1, -0.05) is 36.4 Å². The van der Waals surface area contributed by atoms with Crippen molar-refractivity contribution in [1.29, 1.82) is 0 Å². The zero-order chi connectivity index (χ0) is 20.2. The van der Waals surface area contributed by atoms with Crippen molar-refractivity contribution >= 4 is 5.96 Å². The SMILES string of the molecule is CN=C(NCc1ccc(C)cc1OCCOC)NCC1C2Cc3ccccc3C12. The fourth-order valence-electron chi connectivity index (χ4n) is 4.55. The van der Waals surface area contributed by atoms with Gasteiger partial charge >= 0.3 is 0 Å². The smallest absolute Gasteiger partial charge is 0.191 e. The second-order valence-corrected chi connectivity index (χ2v) is 8.02. The van der Waals surface area contributed by atoms with Gasteiger partial charge in [-0.3, -0.25) is 4.99 Å². The number of fused-ring (bicyclic) bond motifs is 3. The number of methoxy groups -OCH3 is 1. The number of nitrogens with one attached hydrogen (secondary N) is 2. The van der Waals surface area contributed by atoms with Crippen molar-refractivity contribution in [1.82, 2.24) is 10.6 Å². The van der Waals surface area contributed by atoms with Crippen LogP contribution in [0.2, 0.25) is 0 Å². The fraction of sp³-hybridized carbons (Fsp3) is 0.458. The number of guanidine groups is 1. The maximum absolute atomic E-state index is 5.89. The number of aliphatic imine (C=N–C) groups is 1. The van der Waals surface area contributed by atoms with Crippen molar-refractivity contribution in [2.75, 3.05) is 33.9 Å². The van der Waals surface area contributed by atoms with E-state index in [1.165, 1.54) is 12.0 Å². The van der Waals surface area contributed by atoms with Gasteiger partial charge in [0, 0.05) is 32.8 Å². The van der Waals surface area contributed by atoms with Gasteiger partial charge in [-0.2, -0.15) is 0 Å². The Balaban J connectivity index is 1.29. The van der Waals surface area contributed by atoms with Crippen LogP contribution in [-0.2, 0) is 17.7 Å². The van der Waals surface area contributed by atoms with Gasteiger partial charge in [-0.25, -0.2) is 0 Å².